The first kappa shape index (κ1) is 18.6. The normalized spacial score (nSPS) is 13.2. The van der Waals surface area contributed by atoms with Crippen LogP contribution in [0, 0.1) is 0 Å². The first-order chi connectivity index (χ1) is 10.8. The van der Waals surface area contributed by atoms with Gasteiger partial charge in [0.15, 0.2) is 0 Å². The van der Waals surface area contributed by atoms with Crippen LogP contribution in [0.5, 0.6) is 0 Å². The summed E-state index contributed by atoms with van der Waals surface area (Å²) in [5, 5.41) is 11.2. The van der Waals surface area contributed by atoms with Gasteiger partial charge in [0.05, 0.1) is 18.6 Å². The molecule has 7 heteroatoms. The number of amides is 1. The Morgan fingerprint density at radius 1 is 1.22 bits per heavy atom. The SMILES string of the molecule is CC(C)OC(=O)C(Cc1ccccc1)NC(=O)C(N)CC(=O)O. The first-order valence-electron chi connectivity index (χ1n) is 7.31. The van der Waals surface area contributed by atoms with Gasteiger partial charge in [-0.2, -0.15) is 0 Å². The van der Waals surface area contributed by atoms with E-state index in [-0.39, 0.29) is 12.5 Å². The van der Waals surface area contributed by atoms with E-state index < -0.39 is 36.4 Å². The summed E-state index contributed by atoms with van der Waals surface area (Å²) in [6.45, 7) is 3.41. The highest BCUT2D eigenvalue weighted by molar-refractivity contribution is 5.89. The van der Waals surface area contributed by atoms with Crippen molar-refractivity contribution in [2.45, 2.75) is 44.9 Å². The van der Waals surface area contributed by atoms with Crippen molar-refractivity contribution in [3.8, 4) is 0 Å². The Kier molecular flexibility index (Phi) is 7.21. The Bertz CT molecular complexity index is 545. The van der Waals surface area contributed by atoms with Crippen LogP contribution in [0.25, 0.3) is 0 Å². The maximum atomic E-state index is 12.1. The highest BCUT2D eigenvalue weighted by atomic mass is 16.5. The van der Waals surface area contributed by atoms with Crippen LogP contribution in [-0.2, 0) is 25.5 Å². The Labute approximate surface area is 134 Å². The van der Waals surface area contributed by atoms with E-state index in [2.05, 4.69) is 5.32 Å². The van der Waals surface area contributed by atoms with Crippen LogP contribution >= 0.6 is 0 Å². The molecule has 0 saturated heterocycles. The summed E-state index contributed by atoms with van der Waals surface area (Å²) in [5.74, 6) is -2.47. The minimum absolute atomic E-state index is 0.234. The smallest absolute Gasteiger partial charge is 0.329 e. The van der Waals surface area contributed by atoms with Crippen molar-refractivity contribution in [2.24, 2.45) is 5.73 Å². The topological polar surface area (TPSA) is 119 Å². The van der Waals surface area contributed by atoms with Crippen molar-refractivity contribution >= 4 is 17.8 Å². The lowest BCUT2D eigenvalue weighted by molar-refractivity contribution is -0.151. The van der Waals surface area contributed by atoms with Crippen LogP contribution in [-0.4, -0.2) is 41.1 Å². The maximum Gasteiger partial charge on any atom is 0.329 e. The number of nitrogens with two attached hydrogens (primary N) is 1. The number of carboxylic acids is 1. The number of nitrogens with one attached hydrogen (secondary N) is 1. The van der Waals surface area contributed by atoms with E-state index in [4.69, 9.17) is 15.6 Å². The van der Waals surface area contributed by atoms with Gasteiger partial charge in [0.1, 0.15) is 6.04 Å². The third-order valence-electron chi connectivity index (χ3n) is 2.97. The molecule has 126 valence electrons. The van der Waals surface area contributed by atoms with E-state index >= 15 is 0 Å². The molecule has 4 N–H and O–H groups in total. The van der Waals surface area contributed by atoms with Crippen LogP contribution < -0.4 is 11.1 Å². The molecule has 0 heterocycles. The molecule has 1 aromatic carbocycles. The Balaban J connectivity index is 2.80. The number of rotatable bonds is 8. The monoisotopic (exact) mass is 322 g/mol. The minimum atomic E-state index is -1.22. The van der Waals surface area contributed by atoms with E-state index in [1.54, 1.807) is 13.8 Å². The molecule has 23 heavy (non-hydrogen) atoms. The van der Waals surface area contributed by atoms with Gasteiger partial charge in [0.25, 0.3) is 0 Å². The minimum Gasteiger partial charge on any atom is -0.481 e. The third kappa shape index (κ3) is 6.92. The van der Waals surface area contributed by atoms with Crippen molar-refractivity contribution in [1.82, 2.24) is 5.32 Å². The molecule has 1 amide bonds. The van der Waals surface area contributed by atoms with Crippen LogP contribution in [0.4, 0.5) is 0 Å². The van der Waals surface area contributed by atoms with Crippen LogP contribution in [0.1, 0.15) is 25.8 Å². The molecule has 2 atom stereocenters. The Morgan fingerprint density at radius 3 is 2.35 bits per heavy atom. The summed E-state index contributed by atoms with van der Waals surface area (Å²) in [6.07, 6.45) is -0.605. The molecule has 0 saturated carbocycles. The van der Waals surface area contributed by atoms with Crippen molar-refractivity contribution in [3.05, 3.63) is 35.9 Å². The third-order valence-corrected chi connectivity index (χ3v) is 2.97. The summed E-state index contributed by atoms with van der Waals surface area (Å²) >= 11 is 0. The fourth-order valence-electron chi connectivity index (χ4n) is 1.92. The van der Waals surface area contributed by atoms with E-state index in [0.717, 1.165) is 5.56 Å². The number of carboxylic acid groups (broad SMARTS) is 1. The second-order valence-electron chi connectivity index (χ2n) is 5.44. The molecule has 0 spiro atoms. The Morgan fingerprint density at radius 2 is 1.83 bits per heavy atom. The molecular formula is C16H22N2O5. The van der Waals surface area contributed by atoms with Gasteiger partial charge in [-0.05, 0) is 19.4 Å². The lowest BCUT2D eigenvalue weighted by Crippen LogP contribution is -2.50. The second-order valence-corrected chi connectivity index (χ2v) is 5.44. The van der Waals surface area contributed by atoms with Gasteiger partial charge in [0, 0.05) is 6.42 Å². The number of aliphatic carboxylic acids is 1. The maximum absolute atomic E-state index is 12.1. The summed E-state index contributed by atoms with van der Waals surface area (Å²) < 4.78 is 5.14. The van der Waals surface area contributed by atoms with Gasteiger partial charge in [-0.15, -0.1) is 0 Å². The summed E-state index contributed by atoms with van der Waals surface area (Å²) in [5.41, 5.74) is 6.35. The zero-order chi connectivity index (χ0) is 17.4. The van der Waals surface area contributed by atoms with Gasteiger partial charge in [-0.3, -0.25) is 9.59 Å². The fourth-order valence-corrected chi connectivity index (χ4v) is 1.92. The Hall–Kier alpha value is -2.41. The molecule has 7 nitrogen and oxygen atoms in total. The van der Waals surface area contributed by atoms with Crippen LogP contribution in [0.2, 0.25) is 0 Å². The van der Waals surface area contributed by atoms with E-state index in [9.17, 15) is 14.4 Å². The van der Waals surface area contributed by atoms with Gasteiger partial charge >= 0.3 is 11.9 Å². The molecule has 2 unspecified atom stereocenters. The summed E-state index contributed by atoms with van der Waals surface area (Å²) in [6, 6.07) is 6.96. The van der Waals surface area contributed by atoms with Crippen molar-refractivity contribution in [3.63, 3.8) is 0 Å². The van der Waals surface area contributed by atoms with Crippen LogP contribution in [0.3, 0.4) is 0 Å². The zero-order valence-electron chi connectivity index (χ0n) is 13.2. The van der Waals surface area contributed by atoms with Crippen molar-refractivity contribution in [1.29, 1.82) is 0 Å². The predicted molar refractivity (Wildman–Crippen MR) is 83.5 cm³/mol. The van der Waals surface area contributed by atoms with E-state index in [0.29, 0.717) is 0 Å². The summed E-state index contributed by atoms with van der Waals surface area (Å²) in [4.78, 5) is 34.7. The van der Waals surface area contributed by atoms with Crippen LogP contribution in [0.15, 0.2) is 30.3 Å². The molecule has 0 radical (unpaired) electrons. The largest absolute Gasteiger partial charge is 0.481 e. The molecule has 0 aliphatic rings. The predicted octanol–water partition coefficient (Wildman–Crippen LogP) is 0.468. The standard InChI is InChI=1S/C16H22N2O5/c1-10(2)23-16(22)13(8-11-6-4-3-5-7-11)18-15(21)12(17)9-14(19)20/h3-7,10,12-13H,8-9,17H2,1-2H3,(H,18,21)(H,19,20). The lowest BCUT2D eigenvalue weighted by Gasteiger charge is -2.21. The number of benzene rings is 1. The number of carbonyl (C=O) groups excluding carboxylic acids is 2. The van der Waals surface area contributed by atoms with Gasteiger partial charge in [-0.25, -0.2) is 4.79 Å². The fraction of sp³-hybridized carbons (Fsp3) is 0.438. The number of carbonyl (C=O) groups is 3. The zero-order valence-corrected chi connectivity index (χ0v) is 13.2. The molecule has 0 aliphatic carbocycles. The van der Waals surface area contributed by atoms with Crippen molar-refractivity contribution in [2.75, 3.05) is 0 Å². The average molecular weight is 322 g/mol. The van der Waals surface area contributed by atoms with Gasteiger partial charge in [0.2, 0.25) is 5.91 Å². The number of hydrogen-bond acceptors (Lipinski definition) is 5. The van der Waals surface area contributed by atoms with Gasteiger partial charge < -0.3 is 20.9 Å². The van der Waals surface area contributed by atoms with E-state index in [1.165, 1.54) is 0 Å². The molecule has 1 aromatic rings. The molecule has 1 rings (SSSR count). The highest BCUT2D eigenvalue weighted by Gasteiger charge is 2.26. The molecule has 0 aromatic heterocycles. The number of hydrogen-bond donors (Lipinski definition) is 3. The molecule has 0 aliphatic heterocycles. The lowest BCUT2D eigenvalue weighted by atomic mass is 10.1. The number of esters is 1. The molecule has 0 fully saturated rings. The second kappa shape index (κ2) is 8.89. The highest BCUT2D eigenvalue weighted by Crippen LogP contribution is 2.06. The first-order valence-corrected chi connectivity index (χ1v) is 7.31. The van der Waals surface area contributed by atoms with Gasteiger partial charge in [-0.1, -0.05) is 30.3 Å². The quantitative estimate of drug-likeness (QED) is 0.599. The average Bonchev–Trinajstić information content (AvgIpc) is 2.46. The van der Waals surface area contributed by atoms with Crippen molar-refractivity contribution < 1.29 is 24.2 Å². The molecule has 0 bridgehead atoms. The number of ether oxygens (including phenoxy) is 1. The molecular weight excluding hydrogens is 300 g/mol. The summed E-state index contributed by atoms with van der Waals surface area (Å²) in [7, 11) is 0. The van der Waals surface area contributed by atoms with E-state index in [1.807, 2.05) is 30.3 Å².